The highest BCUT2D eigenvalue weighted by atomic mass is 127. The molecule has 1 aromatic carbocycles. The van der Waals surface area contributed by atoms with E-state index in [1.54, 1.807) is 24.5 Å². The molecule has 2 N–H and O–H groups in total. The maximum atomic E-state index is 13.2. The van der Waals surface area contributed by atoms with Crippen LogP contribution < -0.4 is 10.6 Å². The molecular formula is C20H25F3IN3OS. The number of guanidine groups is 1. The minimum Gasteiger partial charge on any atom is -0.381 e. The number of benzene rings is 1. The Kier molecular flexibility index (Phi) is 8.77. The number of rotatable bonds is 5. The van der Waals surface area contributed by atoms with Crippen LogP contribution in [0.5, 0.6) is 0 Å². The predicted octanol–water partition coefficient (Wildman–Crippen LogP) is 4.80. The van der Waals surface area contributed by atoms with E-state index in [2.05, 4.69) is 21.0 Å². The third kappa shape index (κ3) is 6.32. The van der Waals surface area contributed by atoms with Gasteiger partial charge in [-0.2, -0.15) is 24.5 Å². The van der Waals surface area contributed by atoms with Gasteiger partial charge in [0.05, 0.1) is 5.56 Å². The molecule has 3 rings (SSSR count). The van der Waals surface area contributed by atoms with Crippen molar-refractivity contribution in [3.8, 4) is 0 Å². The summed E-state index contributed by atoms with van der Waals surface area (Å²) in [5.41, 5.74) is 0.799. The van der Waals surface area contributed by atoms with E-state index in [0.29, 0.717) is 50.7 Å². The van der Waals surface area contributed by atoms with E-state index in [1.807, 2.05) is 11.4 Å². The first kappa shape index (κ1) is 23.9. The molecule has 1 aromatic heterocycles. The number of thiophene rings is 1. The standard InChI is InChI=1S/C20H24F3N3OS.HI/c1-24-18(25-12-15-5-10-28-13-15)26-14-19(6-8-27-9-7-19)16-3-2-4-17(11-16)20(21,22)23;/h2-5,10-11,13H,6-9,12,14H2,1H3,(H2,24,25,26);1H. The van der Waals surface area contributed by atoms with Crippen molar-refractivity contribution in [1.82, 2.24) is 10.6 Å². The summed E-state index contributed by atoms with van der Waals surface area (Å²) in [5.74, 6) is 0.629. The molecule has 0 spiro atoms. The predicted molar refractivity (Wildman–Crippen MR) is 121 cm³/mol. The van der Waals surface area contributed by atoms with E-state index in [9.17, 15) is 13.2 Å². The zero-order chi connectivity index (χ0) is 20.0. The summed E-state index contributed by atoms with van der Waals surface area (Å²) in [6.07, 6.45) is -3.04. The lowest BCUT2D eigenvalue weighted by atomic mass is 9.73. The van der Waals surface area contributed by atoms with Crippen molar-refractivity contribution in [1.29, 1.82) is 0 Å². The van der Waals surface area contributed by atoms with Gasteiger partial charge in [-0.05, 0) is 46.9 Å². The first-order valence-corrected chi connectivity index (χ1v) is 10.1. The number of ether oxygens (including phenoxy) is 1. The second kappa shape index (κ2) is 10.6. The summed E-state index contributed by atoms with van der Waals surface area (Å²) < 4.78 is 45.1. The van der Waals surface area contributed by atoms with E-state index in [-0.39, 0.29) is 24.0 Å². The molecule has 0 amide bonds. The minimum atomic E-state index is -4.35. The lowest BCUT2D eigenvalue weighted by molar-refractivity contribution is -0.137. The van der Waals surface area contributed by atoms with E-state index in [1.165, 1.54) is 12.1 Å². The molecule has 160 valence electrons. The molecule has 0 aliphatic carbocycles. The molecule has 0 radical (unpaired) electrons. The Labute approximate surface area is 190 Å². The molecule has 2 aromatic rings. The van der Waals surface area contributed by atoms with Gasteiger partial charge in [-0.25, -0.2) is 0 Å². The SMILES string of the molecule is CN=C(NCc1ccsc1)NCC1(c2cccc(C(F)(F)F)c2)CCOCC1.I. The van der Waals surface area contributed by atoms with Crippen molar-refractivity contribution in [3.63, 3.8) is 0 Å². The average Bonchev–Trinajstić information content (AvgIpc) is 3.22. The molecule has 2 heterocycles. The first-order chi connectivity index (χ1) is 13.4. The van der Waals surface area contributed by atoms with Crippen LogP contribution in [-0.2, 0) is 22.9 Å². The Hall–Kier alpha value is -1.33. The topological polar surface area (TPSA) is 45.7 Å². The zero-order valence-electron chi connectivity index (χ0n) is 16.1. The van der Waals surface area contributed by atoms with Crippen LogP contribution >= 0.6 is 35.3 Å². The van der Waals surface area contributed by atoms with Crippen LogP contribution in [0.2, 0.25) is 0 Å². The Morgan fingerprint density at radius 2 is 1.97 bits per heavy atom. The monoisotopic (exact) mass is 539 g/mol. The van der Waals surface area contributed by atoms with Crippen molar-refractivity contribution in [2.75, 3.05) is 26.8 Å². The summed E-state index contributed by atoms with van der Waals surface area (Å²) >= 11 is 1.63. The van der Waals surface area contributed by atoms with Gasteiger partial charge < -0.3 is 15.4 Å². The third-order valence-electron chi connectivity index (χ3n) is 5.11. The minimum absolute atomic E-state index is 0. The van der Waals surface area contributed by atoms with Gasteiger partial charge in [0.25, 0.3) is 0 Å². The number of nitrogens with zero attached hydrogens (tertiary/aromatic N) is 1. The quantitative estimate of drug-likeness (QED) is 0.326. The molecular weight excluding hydrogens is 514 g/mol. The molecule has 1 fully saturated rings. The largest absolute Gasteiger partial charge is 0.416 e. The van der Waals surface area contributed by atoms with Gasteiger partial charge in [0.15, 0.2) is 5.96 Å². The number of halogens is 4. The molecule has 1 aliphatic heterocycles. The molecule has 0 bridgehead atoms. The fourth-order valence-corrected chi connectivity index (χ4v) is 4.08. The summed E-state index contributed by atoms with van der Waals surface area (Å²) in [4.78, 5) is 4.24. The third-order valence-corrected chi connectivity index (χ3v) is 5.84. The fourth-order valence-electron chi connectivity index (χ4n) is 3.41. The first-order valence-electron chi connectivity index (χ1n) is 9.14. The van der Waals surface area contributed by atoms with Gasteiger partial charge in [-0.15, -0.1) is 24.0 Å². The highest BCUT2D eigenvalue weighted by Crippen LogP contribution is 2.37. The molecule has 0 unspecified atom stereocenters. The highest BCUT2D eigenvalue weighted by Gasteiger charge is 2.37. The fraction of sp³-hybridized carbons (Fsp3) is 0.450. The van der Waals surface area contributed by atoms with Crippen LogP contribution in [0, 0.1) is 0 Å². The van der Waals surface area contributed by atoms with Crippen LogP contribution in [0.1, 0.15) is 29.5 Å². The Morgan fingerprint density at radius 1 is 1.21 bits per heavy atom. The molecule has 29 heavy (non-hydrogen) atoms. The van der Waals surface area contributed by atoms with Crippen LogP contribution in [0.4, 0.5) is 13.2 Å². The molecule has 4 nitrogen and oxygen atoms in total. The van der Waals surface area contributed by atoms with E-state index < -0.39 is 17.2 Å². The van der Waals surface area contributed by atoms with E-state index >= 15 is 0 Å². The summed E-state index contributed by atoms with van der Waals surface area (Å²) in [5, 5.41) is 10.6. The van der Waals surface area contributed by atoms with Crippen LogP contribution in [-0.4, -0.2) is 32.8 Å². The molecule has 1 aliphatic rings. The maximum absolute atomic E-state index is 13.2. The van der Waals surface area contributed by atoms with Gasteiger partial charge in [-0.3, -0.25) is 4.99 Å². The zero-order valence-corrected chi connectivity index (χ0v) is 19.2. The normalized spacial score (nSPS) is 16.8. The van der Waals surface area contributed by atoms with Gasteiger partial charge >= 0.3 is 6.18 Å². The second-order valence-corrected chi connectivity index (χ2v) is 7.66. The van der Waals surface area contributed by atoms with Crippen molar-refractivity contribution in [2.45, 2.75) is 31.0 Å². The number of hydrogen-bond donors (Lipinski definition) is 2. The highest BCUT2D eigenvalue weighted by molar-refractivity contribution is 14.0. The maximum Gasteiger partial charge on any atom is 0.416 e. The Bertz CT molecular complexity index is 791. The van der Waals surface area contributed by atoms with Gasteiger partial charge in [0.2, 0.25) is 0 Å². The average molecular weight is 539 g/mol. The summed E-state index contributed by atoms with van der Waals surface area (Å²) in [7, 11) is 1.68. The van der Waals surface area contributed by atoms with Crippen molar-refractivity contribution < 1.29 is 17.9 Å². The van der Waals surface area contributed by atoms with Crippen molar-refractivity contribution in [3.05, 3.63) is 57.8 Å². The van der Waals surface area contributed by atoms with E-state index in [4.69, 9.17) is 4.74 Å². The lowest BCUT2D eigenvalue weighted by Crippen LogP contribution is -2.48. The summed E-state index contributed by atoms with van der Waals surface area (Å²) in [6.45, 7) is 2.18. The molecule has 1 saturated heterocycles. The molecule has 0 atom stereocenters. The van der Waals surface area contributed by atoms with Crippen molar-refractivity contribution in [2.24, 2.45) is 4.99 Å². The van der Waals surface area contributed by atoms with Crippen molar-refractivity contribution >= 4 is 41.3 Å². The van der Waals surface area contributed by atoms with Crippen LogP contribution in [0.15, 0.2) is 46.1 Å². The Morgan fingerprint density at radius 3 is 2.59 bits per heavy atom. The Balaban J connectivity index is 0.00000300. The van der Waals surface area contributed by atoms with Crippen LogP contribution in [0.25, 0.3) is 0 Å². The lowest BCUT2D eigenvalue weighted by Gasteiger charge is -2.38. The van der Waals surface area contributed by atoms with Crippen LogP contribution in [0.3, 0.4) is 0 Å². The number of alkyl halides is 3. The van der Waals surface area contributed by atoms with Gasteiger partial charge in [0, 0.05) is 38.8 Å². The number of hydrogen-bond acceptors (Lipinski definition) is 3. The molecule has 9 heteroatoms. The smallest absolute Gasteiger partial charge is 0.381 e. The number of nitrogens with one attached hydrogen (secondary N) is 2. The van der Waals surface area contributed by atoms with Gasteiger partial charge in [0.1, 0.15) is 0 Å². The summed E-state index contributed by atoms with van der Waals surface area (Å²) in [6, 6.07) is 7.69. The molecule has 0 saturated carbocycles. The van der Waals surface area contributed by atoms with Gasteiger partial charge in [-0.1, -0.05) is 18.2 Å². The van der Waals surface area contributed by atoms with E-state index in [0.717, 1.165) is 11.6 Å². The number of aliphatic imine (C=N–C) groups is 1. The second-order valence-electron chi connectivity index (χ2n) is 6.88.